The second kappa shape index (κ2) is 7.90. The molecule has 2 aromatic rings. The van der Waals surface area contributed by atoms with Crippen LogP contribution in [0.5, 0.6) is 0 Å². The Labute approximate surface area is 140 Å². The summed E-state index contributed by atoms with van der Waals surface area (Å²) in [6, 6.07) is 14.0. The van der Waals surface area contributed by atoms with Gasteiger partial charge in [-0.3, -0.25) is 9.59 Å². The summed E-state index contributed by atoms with van der Waals surface area (Å²) in [5, 5.41) is 3.40. The van der Waals surface area contributed by atoms with Crippen LogP contribution in [0.25, 0.3) is 0 Å². The molecule has 2 aromatic carbocycles. The normalized spacial score (nSPS) is 11.8. The number of para-hydroxylation sites is 1. The molecule has 0 aliphatic carbocycles. The van der Waals surface area contributed by atoms with Crippen LogP contribution in [0.4, 0.5) is 5.69 Å². The number of ketones is 2. The summed E-state index contributed by atoms with van der Waals surface area (Å²) >= 11 is 6.18. The number of hydrogen-bond acceptors (Lipinski definition) is 4. The summed E-state index contributed by atoms with van der Waals surface area (Å²) < 4.78 is 0. The summed E-state index contributed by atoms with van der Waals surface area (Å²) in [4.78, 5) is 24.4. The number of halogens is 1. The van der Waals surface area contributed by atoms with Crippen LogP contribution in [-0.2, 0) is 11.2 Å². The van der Waals surface area contributed by atoms with Gasteiger partial charge in [0, 0.05) is 17.7 Å². The molecular weight excluding hydrogens is 312 g/mol. The average molecular weight is 331 g/mol. The Morgan fingerprint density at radius 3 is 2.48 bits per heavy atom. The van der Waals surface area contributed by atoms with Crippen LogP contribution >= 0.6 is 11.6 Å². The molecule has 2 rings (SSSR count). The minimum atomic E-state index is -0.570. The number of carbonyl (C=O) groups is 2. The third-order valence-electron chi connectivity index (χ3n) is 3.48. The Morgan fingerprint density at radius 1 is 1.13 bits per heavy atom. The van der Waals surface area contributed by atoms with E-state index in [1.165, 1.54) is 0 Å². The molecule has 0 radical (unpaired) electrons. The van der Waals surface area contributed by atoms with E-state index >= 15 is 0 Å². The van der Waals surface area contributed by atoms with Crippen LogP contribution in [0.1, 0.15) is 22.8 Å². The van der Waals surface area contributed by atoms with Gasteiger partial charge in [-0.1, -0.05) is 41.9 Å². The van der Waals surface area contributed by atoms with Gasteiger partial charge in [0.15, 0.2) is 11.6 Å². The van der Waals surface area contributed by atoms with E-state index in [-0.39, 0.29) is 24.5 Å². The van der Waals surface area contributed by atoms with Crippen LogP contribution in [0, 0.1) is 0 Å². The van der Waals surface area contributed by atoms with E-state index in [1.807, 2.05) is 30.3 Å². The molecule has 3 N–H and O–H groups in total. The first-order chi connectivity index (χ1) is 11.0. The number of nitrogens with two attached hydrogens (primary N) is 1. The number of benzene rings is 2. The van der Waals surface area contributed by atoms with Crippen molar-refractivity contribution in [2.45, 2.75) is 19.4 Å². The molecule has 0 spiro atoms. The number of anilines is 1. The highest BCUT2D eigenvalue weighted by Crippen LogP contribution is 2.22. The van der Waals surface area contributed by atoms with Gasteiger partial charge in [0.25, 0.3) is 0 Å². The highest BCUT2D eigenvalue weighted by molar-refractivity contribution is 6.34. The molecule has 120 valence electrons. The lowest BCUT2D eigenvalue weighted by molar-refractivity contribution is -0.119. The van der Waals surface area contributed by atoms with Gasteiger partial charge in [-0.15, -0.1) is 0 Å². The summed E-state index contributed by atoms with van der Waals surface area (Å²) in [6.45, 7) is 1.73. The van der Waals surface area contributed by atoms with E-state index in [0.29, 0.717) is 16.1 Å². The molecular formula is C18H19ClN2O2. The monoisotopic (exact) mass is 330 g/mol. The topological polar surface area (TPSA) is 72.2 Å². The van der Waals surface area contributed by atoms with Crippen molar-refractivity contribution in [1.29, 1.82) is 0 Å². The van der Waals surface area contributed by atoms with E-state index in [2.05, 4.69) is 5.32 Å². The van der Waals surface area contributed by atoms with Gasteiger partial charge in [-0.2, -0.15) is 0 Å². The van der Waals surface area contributed by atoms with E-state index in [4.69, 9.17) is 17.3 Å². The standard InChI is InChI=1S/C18H19ClN2O2/c1-12(20)16(22)10-13-6-5-9-15(19)18(13)17(23)11-21-14-7-3-2-4-8-14/h2-9,12,21H,10-11,20H2,1H3/t12-/m0/s1. The second-order valence-corrected chi connectivity index (χ2v) is 5.76. The Hall–Kier alpha value is -2.17. The maximum Gasteiger partial charge on any atom is 0.183 e. The lowest BCUT2D eigenvalue weighted by Gasteiger charge is -2.12. The molecule has 0 fully saturated rings. The molecule has 0 saturated carbocycles. The summed E-state index contributed by atoms with van der Waals surface area (Å²) in [5.74, 6) is -0.288. The number of carbonyl (C=O) groups excluding carboxylic acids is 2. The number of hydrogen-bond donors (Lipinski definition) is 2. The molecule has 1 atom stereocenters. The van der Waals surface area contributed by atoms with Crippen molar-refractivity contribution in [3.63, 3.8) is 0 Å². The molecule has 0 heterocycles. The van der Waals surface area contributed by atoms with E-state index < -0.39 is 6.04 Å². The second-order valence-electron chi connectivity index (χ2n) is 5.35. The molecule has 0 bridgehead atoms. The first-order valence-electron chi connectivity index (χ1n) is 7.37. The molecule has 23 heavy (non-hydrogen) atoms. The fourth-order valence-electron chi connectivity index (χ4n) is 2.20. The van der Waals surface area contributed by atoms with Gasteiger partial charge in [0.05, 0.1) is 17.6 Å². The van der Waals surface area contributed by atoms with Crippen molar-refractivity contribution in [3.8, 4) is 0 Å². The first kappa shape index (κ1) is 17.2. The van der Waals surface area contributed by atoms with Crippen molar-refractivity contribution >= 4 is 28.9 Å². The summed E-state index contributed by atoms with van der Waals surface area (Å²) in [6.07, 6.45) is 0.102. The zero-order chi connectivity index (χ0) is 16.8. The van der Waals surface area contributed by atoms with Crippen LogP contribution in [0.2, 0.25) is 5.02 Å². The van der Waals surface area contributed by atoms with Gasteiger partial charge in [0.1, 0.15) is 0 Å². The quantitative estimate of drug-likeness (QED) is 0.765. The van der Waals surface area contributed by atoms with Crippen molar-refractivity contribution in [2.24, 2.45) is 5.73 Å². The van der Waals surface area contributed by atoms with Crippen LogP contribution < -0.4 is 11.1 Å². The van der Waals surface area contributed by atoms with Crippen LogP contribution in [0.15, 0.2) is 48.5 Å². The summed E-state index contributed by atoms with van der Waals surface area (Å²) in [5.41, 5.74) is 7.44. The Kier molecular flexibility index (Phi) is 5.90. The van der Waals surface area contributed by atoms with Gasteiger partial charge >= 0.3 is 0 Å². The minimum absolute atomic E-state index is 0.102. The van der Waals surface area contributed by atoms with Crippen molar-refractivity contribution in [2.75, 3.05) is 11.9 Å². The van der Waals surface area contributed by atoms with Crippen LogP contribution in [0.3, 0.4) is 0 Å². The molecule has 0 saturated heterocycles. The fourth-order valence-corrected chi connectivity index (χ4v) is 2.50. The number of nitrogens with one attached hydrogen (secondary N) is 1. The molecule has 0 unspecified atom stereocenters. The van der Waals surface area contributed by atoms with E-state index in [0.717, 1.165) is 5.69 Å². The molecule has 0 aliphatic rings. The molecule has 4 nitrogen and oxygen atoms in total. The number of rotatable bonds is 7. The predicted molar refractivity (Wildman–Crippen MR) is 93.1 cm³/mol. The largest absolute Gasteiger partial charge is 0.378 e. The van der Waals surface area contributed by atoms with E-state index in [1.54, 1.807) is 25.1 Å². The zero-order valence-electron chi connectivity index (χ0n) is 12.9. The molecule has 0 aliphatic heterocycles. The first-order valence-corrected chi connectivity index (χ1v) is 7.74. The Bertz CT molecular complexity index is 699. The lowest BCUT2D eigenvalue weighted by Crippen LogP contribution is -2.29. The van der Waals surface area contributed by atoms with Gasteiger partial charge in [-0.25, -0.2) is 0 Å². The predicted octanol–water partition coefficient (Wildman–Crippen LogP) is 3.09. The highest BCUT2D eigenvalue weighted by atomic mass is 35.5. The third kappa shape index (κ3) is 4.65. The van der Waals surface area contributed by atoms with Crippen molar-refractivity contribution in [1.82, 2.24) is 0 Å². The average Bonchev–Trinajstić information content (AvgIpc) is 2.53. The van der Waals surface area contributed by atoms with Crippen molar-refractivity contribution < 1.29 is 9.59 Å². The molecule has 5 heteroatoms. The number of Topliss-reactive ketones (excluding diaryl/α,β-unsaturated/α-hetero) is 2. The van der Waals surface area contributed by atoms with Gasteiger partial charge in [0.2, 0.25) is 0 Å². The lowest BCUT2D eigenvalue weighted by atomic mass is 9.97. The van der Waals surface area contributed by atoms with Gasteiger partial charge < -0.3 is 11.1 Å². The maximum absolute atomic E-state index is 12.5. The smallest absolute Gasteiger partial charge is 0.183 e. The zero-order valence-corrected chi connectivity index (χ0v) is 13.6. The minimum Gasteiger partial charge on any atom is -0.378 e. The Balaban J connectivity index is 2.17. The highest BCUT2D eigenvalue weighted by Gasteiger charge is 2.18. The Morgan fingerprint density at radius 2 is 1.83 bits per heavy atom. The fraction of sp³-hybridized carbons (Fsp3) is 0.222. The third-order valence-corrected chi connectivity index (χ3v) is 3.79. The molecule has 0 amide bonds. The van der Waals surface area contributed by atoms with E-state index in [9.17, 15) is 9.59 Å². The van der Waals surface area contributed by atoms with Crippen LogP contribution in [-0.4, -0.2) is 24.2 Å². The van der Waals surface area contributed by atoms with Crippen molar-refractivity contribution in [3.05, 3.63) is 64.7 Å². The van der Waals surface area contributed by atoms with Gasteiger partial charge in [-0.05, 0) is 30.7 Å². The maximum atomic E-state index is 12.5. The SMILES string of the molecule is C[C@H](N)C(=O)Cc1cccc(Cl)c1C(=O)CNc1ccccc1. The molecule has 0 aromatic heterocycles. The summed E-state index contributed by atoms with van der Waals surface area (Å²) in [7, 11) is 0.